The van der Waals surface area contributed by atoms with Crippen LogP contribution in [0.25, 0.3) is 0 Å². The molecule has 6 nitrogen and oxygen atoms in total. The molecule has 0 aliphatic rings. The van der Waals surface area contributed by atoms with Gasteiger partial charge in [-0.05, 0) is 26.0 Å². The standard InChI is InChI=1S/C16H18N2O4/c1-11-8-13(12(2)17(11)3)14(19)10-22-16(21)9-18-7-5-4-6-15(18)20/h4-8H,9-10H2,1-3H3. The molecule has 0 radical (unpaired) electrons. The molecule has 0 aromatic carbocycles. The first-order valence-electron chi connectivity index (χ1n) is 6.87. The predicted octanol–water partition coefficient (Wildman–Crippen LogP) is 1.23. The molecule has 22 heavy (non-hydrogen) atoms. The third kappa shape index (κ3) is 3.33. The molecule has 0 N–H and O–H groups in total. The normalized spacial score (nSPS) is 10.5. The van der Waals surface area contributed by atoms with Gasteiger partial charge in [-0.15, -0.1) is 0 Å². The van der Waals surface area contributed by atoms with Gasteiger partial charge in [-0.1, -0.05) is 6.07 Å². The van der Waals surface area contributed by atoms with Gasteiger partial charge in [-0.25, -0.2) is 0 Å². The first-order chi connectivity index (χ1) is 10.4. The van der Waals surface area contributed by atoms with Crippen LogP contribution in [0, 0.1) is 13.8 Å². The molecule has 0 aliphatic heterocycles. The number of carbonyl (C=O) groups is 2. The van der Waals surface area contributed by atoms with Gasteiger partial charge in [-0.3, -0.25) is 14.4 Å². The predicted molar refractivity (Wildman–Crippen MR) is 80.9 cm³/mol. The molecule has 0 amide bonds. The Morgan fingerprint density at radius 3 is 2.55 bits per heavy atom. The van der Waals surface area contributed by atoms with E-state index >= 15 is 0 Å². The molecule has 2 aromatic rings. The number of ether oxygens (including phenoxy) is 1. The lowest BCUT2D eigenvalue weighted by atomic mass is 10.1. The fourth-order valence-electron chi connectivity index (χ4n) is 2.14. The smallest absolute Gasteiger partial charge is 0.326 e. The molecule has 116 valence electrons. The largest absolute Gasteiger partial charge is 0.456 e. The van der Waals surface area contributed by atoms with Crippen molar-refractivity contribution >= 4 is 11.8 Å². The molecular weight excluding hydrogens is 284 g/mol. The van der Waals surface area contributed by atoms with Crippen LogP contribution in [-0.4, -0.2) is 27.5 Å². The topological polar surface area (TPSA) is 70.3 Å². The van der Waals surface area contributed by atoms with E-state index in [1.54, 1.807) is 18.2 Å². The number of ketones is 1. The number of Topliss-reactive ketones (excluding diaryl/α,β-unsaturated/α-hetero) is 1. The monoisotopic (exact) mass is 302 g/mol. The van der Waals surface area contributed by atoms with E-state index in [9.17, 15) is 14.4 Å². The Kier molecular flexibility index (Phi) is 4.60. The highest BCUT2D eigenvalue weighted by molar-refractivity contribution is 5.99. The van der Waals surface area contributed by atoms with Crippen LogP contribution in [0.5, 0.6) is 0 Å². The zero-order valence-corrected chi connectivity index (χ0v) is 12.8. The van der Waals surface area contributed by atoms with Crippen LogP contribution in [0.1, 0.15) is 21.7 Å². The molecule has 0 unspecified atom stereocenters. The van der Waals surface area contributed by atoms with E-state index in [2.05, 4.69) is 0 Å². The van der Waals surface area contributed by atoms with Gasteiger partial charge in [0.25, 0.3) is 5.56 Å². The summed E-state index contributed by atoms with van der Waals surface area (Å²) in [4.78, 5) is 35.3. The number of rotatable bonds is 5. The van der Waals surface area contributed by atoms with Gasteiger partial charge in [-0.2, -0.15) is 0 Å². The Hall–Kier alpha value is -2.63. The van der Waals surface area contributed by atoms with E-state index in [-0.39, 0.29) is 24.5 Å². The van der Waals surface area contributed by atoms with Gasteiger partial charge in [0, 0.05) is 36.3 Å². The van der Waals surface area contributed by atoms with Crippen LogP contribution >= 0.6 is 0 Å². The summed E-state index contributed by atoms with van der Waals surface area (Å²) < 4.78 is 8.09. The van der Waals surface area contributed by atoms with Crippen molar-refractivity contribution in [1.29, 1.82) is 0 Å². The Bertz CT molecular complexity index is 771. The molecule has 0 saturated heterocycles. The van der Waals surface area contributed by atoms with Crippen LogP contribution < -0.4 is 5.56 Å². The van der Waals surface area contributed by atoms with Gasteiger partial charge in [0.15, 0.2) is 6.61 Å². The zero-order valence-electron chi connectivity index (χ0n) is 12.8. The van der Waals surface area contributed by atoms with E-state index in [1.165, 1.54) is 16.8 Å². The molecule has 0 bridgehead atoms. The van der Waals surface area contributed by atoms with Crippen LogP contribution in [0.2, 0.25) is 0 Å². The van der Waals surface area contributed by atoms with Crippen molar-refractivity contribution in [3.05, 3.63) is 57.8 Å². The number of carbonyl (C=O) groups excluding carboxylic acids is 2. The Morgan fingerprint density at radius 1 is 1.23 bits per heavy atom. The van der Waals surface area contributed by atoms with Gasteiger partial charge in [0.2, 0.25) is 5.78 Å². The maximum atomic E-state index is 12.1. The van der Waals surface area contributed by atoms with Crippen LogP contribution in [0.15, 0.2) is 35.3 Å². The molecule has 0 spiro atoms. The quantitative estimate of drug-likeness (QED) is 0.615. The second-order valence-corrected chi connectivity index (χ2v) is 5.09. The van der Waals surface area contributed by atoms with E-state index < -0.39 is 5.97 Å². The van der Waals surface area contributed by atoms with Crippen molar-refractivity contribution < 1.29 is 14.3 Å². The Labute approximate surface area is 127 Å². The fraction of sp³-hybridized carbons (Fsp3) is 0.312. The average molecular weight is 302 g/mol. The number of hydrogen-bond acceptors (Lipinski definition) is 4. The minimum absolute atomic E-state index is 0.209. The van der Waals surface area contributed by atoms with Crippen molar-refractivity contribution in [2.24, 2.45) is 7.05 Å². The minimum atomic E-state index is -0.619. The number of esters is 1. The van der Waals surface area contributed by atoms with Crippen LogP contribution in [0.3, 0.4) is 0 Å². The zero-order chi connectivity index (χ0) is 16.3. The molecule has 6 heteroatoms. The van der Waals surface area contributed by atoms with E-state index in [0.29, 0.717) is 5.56 Å². The molecule has 0 aliphatic carbocycles. The number of nitrogens with zero attached hydrogens (tertiary/aromatic N) is 2. The Balaban J connectivity index is 1.96. The summed E-state index contributed by atoms with van der Waals surface area (Å²) in [6.07, 6.45) is 1.50. The van der Waals surface area contributed by atoms with Crippen molar-refractivity contribution in [2.45, 2.75) is 20.4 Å². The van der Waals surface area contributed by atoms with E-state index in [0.717, 1.165) is 11.4 Å². The first-order valence-corrected chi connectivity index (χ1v) is 6.87. The summed E-state index contributed by atoms with van der Waals surface area (Å²) in [7, 11) is 1.87. The van der Waals surface area contributed by atoms with E-state index in [1.807, 2.05) is 25.5 Å². The first kappa shape index (κ1) is 15.8. The van der Waals surface area contributed by atoms with Crippen molar-refractivity contribution in [3.63, 3.8) is 0 Å². The fourth-order valence-corrected chi connectivity index (χ4v) is 2.14. The van der Waals surface area contributed by atoms with Crippen LogP contribution in [0.4, 0.5) is 0 Å². The molecule has 0 atom stereocenters. The SMILES string of the molecule is Cc1cc(C(=O)COC(=O)Cn2ccccc2=O)c(C)n1C. The summed E-state index contributed by atoms with van der Waals surface area (Å²) in [6, 6.07) is 6.37. The van der Waals surface area contributed by atoms with Crippen molar-refractivity contribution in [1.82, 2.24) is 9.13 Å². The summed E-state index contributed by atoms with van der Waals surface area (Å²) in [5, 5.41) is 0. The highest BCUT2D eigenvalue weighted by Crippen LogP contribution is 2.13. The molecule has 0 fully saturated rings. The molecular formula is C16H18N2O4. The van der Waals surface area contributed by atoms with Gasteiger partial charge in [0.05, 0.1) is 0 Å². The molecule has 2 aromatic heterocycles. The average Bonchev–Trinajstić information content (AvgIpc) is 2.75. The van der Waals surface area contributed by atoms with Crippen molar-refractivity contribution in [3.8, 4) is 0 Å². The maximum Gasteiger partial charge on any atom is 0.326 e. The third-order valence-electron chi connectivity index (χ3n) is 3.64. The van der Waals surface area contributed by atoms with E-state index in [4.69, 9.17) is 4.74 Å². The second kappa shape index (κ2) is 6.43. The number of pyridine rings is 1. The van der Waals surface area contributed by atoms with Crippen molar-refractivity contribution in [2.75, 3.05) is 6.61 Å². The lowest BCUT2D eigenvalue weighted by Gasteiger charge is -2.06. The highest BCUT2D eigenvalue weighted by Gasteiger charge is 2.16. The Morgan fingerprint density at radius 2 is 1.95 bits per heavy atom. The highest BCUT2D eigenvalue weighted by atomic mass is 16.5. The molecule has 2 rings (SSSR count). The van der Waals surface area contributed by atoms with Gasteiger partial charge < -0.3 is 13.9 Å². The van der Waals surface area contributed by atoms with Crippen LogP contribution in [-0.2, 0) is 23.1 Å². The lowest BCUT2D eigenvalue weighted by Crippen LogP contribution is -2.25. The molecule has 0 saturated carbocycles. The molecule has 2 heterocycles. The van der Waals surface area contributed by atoms with Gasteiger partial charge in [0.1, 0.15) is 6.54 Å². The third-order valence-corrected chi connectivity index (χ3v) is 3.64. The summed E-state index contributed by atoms with van der Waals surface area (Å²) >= 11 is 0. The lowest BCUT2D eigenvalue weighted by molar-refractivity contribution is -0.143. The summed E-state index contributed by atoms with van der Waals surface area (Å²) in [5.74, 6) is -0.873. The second-order valence-electron chi connectivity index (χ2n) is 5.09. The number of aromatic nitrogens is 2. The number of hydrogen-bond donors (Lipinski definition) is 0. The number of aryl methyl sites for hydroxylation is 1. The van der Waals surface area contributed by atoms with Gasteiger partial charge >= 0.3 is 5.97 Å². The summed E-state index contributed by atoms with van der Waals surface area (Å²) in [5.41, 5.74) is 2.05. The summed E-state index contributed by atoms with van der Waals surface area (Å²) in [6.45, 7) is 3.20. The minimum Gasteiger partial charge on any atom is -0.456 e. The maximum absolute atomic E-state index is 12.1.